The zero-order valence-corrected chi connectivity index (χ0v) is 41.6. The monoisotopic (exact) mass is 865 g/mol. The summed E-state index contributed by atoms with van der Waals surface area (Å²) >= 11 is 0. The third-order valence-corrected chi connectivity index (χ3v) is 12.9. The molecule has 0 saturated heterocycles. The van der Waals surface area contributed by atoms with Gasteiger partial charge >= 0.3 is 0 Å². The van der Waals surface area contributed by atoms with E-state index in [-0.39, 0.29) is 16.5 Å². The maximum absolute atomic E-state index is 5.29. The van der Waals surface area contributed by atoms with Gasteiger partial charge in [0.15, 0.2) is 0 Å². The summed E-state index contributed by atoms with van der Waals surface area (Å²) in [5.41, 5.74) is 7.54. The minimum Gasteiger partial charge on any atom is -0.246 e. The molecule has 2 nitrogen and oxygen atoms in total. The Bertz CT molecular complexity index is 1490. The normalized spacial score (nSPS) is 12.2. The molecular weight excluding hydrogens is 775 g/mol. The molecule has 0 bridgehead atoms. The summed E-state index contributed by atoms with van der Waals surface area (Å²) in [6.07, 6.45) is 43.7. The molecule has 0 amide bonds. The Balaban J connectivity index is 0.0000174. The molecule has 0 aliphatic rings. The van der Waals surface area contributed by atoms with Gasteiger partial charge in [0.2, 0.25) is 0 Å². The van der Waals surface area contributed by atoms with Gasteiger partial charge in [-0.1, -0.05) is 224 Å². The van der Waals surface area contributed by atoms with Crippen LogP contribution in [0.15, 0.2) is 64.6 Å². The molecule has 0 spiro atoms. The minimum atomic E-state index is -1.26. The summed E-state index contributed by atoms with van der Waals surface area (Å²) in [6, 6.07) is 16.5. The standard InChI is InChI=1S/C55H90N2Si.Ni/c1-8-10-12-14-16-18-20-22-23-24-25-26-28-30-32-34-36-38-43-55(57-53-45-44-49(3)50(4)46-53)54(56-52-41-39-40-51(47-52)48-58(5,6)7)42-37-35-33-31-29-27-21-19-17-15-13-11-9-2;/h37,39-42,44-47H,8-36,48H2,1-7H3;. The Morgan fingerprint density at radius 2 is 1.02 bits per heavy atom. The number of aryl methyl sites for hydroxylation is 2. The van der Waals surface area contributed by atoms with Crippen molar-refractivity contribution in [3.63, 3.8) is 0 Å². The Labute approximate surface area is 378 Å². The number of allylic oxidation sites excluding steroid dienone is 2. The number of hydrogen-bond donors (Lipinski definition) is 0. The summed E-state index contributed by atoms with van der Waals surface area (Å²) in [5.74, 6) is 7.10. The van der Waals surface area contributed by atoms with Crippen LogP contribution in [0.2, 0.25) is 19.6 Å². The molecule has 0 fully saturated rings. The van der Waals surface area contributed by atoms with Crippen molar-refractivity contribution in [3.05, 3.63) is 71.3 Å². The second-order valence-electron chi connectivity index (χ2n) is 18.7. The van der Waals surface area contributed by atoms with Gasteiger partial charge in [-0.15, -0.1) is 0 Å². The molecule has 2 aromatic carbocycles. The third kappa shape index (κ3) is 30.5. The van der Waals surface area contributed by atoms with Crippen molar-refractivity contribution < 1.29 is 16.5 Å². The molecule has 2 aromatic rings. The Morgan fingerprint density at radius 1 is 0.542 bits per heavy atom. The zero-order chi connectivity index (χ0) is 41.9. The van der Waals surface area contributed by atoms with Crippen LogP contribution in [0.3, 0.4) is 0 Å². The van der Waals surface area contributed by atoms with Crippen molar-refractivity contribution in [1.82, 2.24) is 0 Å². The van der Waals surface area contributed by atoms with Crippen molar-refractivity contribution in [2.24, 2.45) is 9.98 Å². The van der Waals surface area contributed by atoms with Crippen LogP contribution in [0.5, 0.6) is 0 Å². The van der Waals surface area contributed by atoms with E-state index in [4.69, 9.17) is 9.98 Å². The second-order valence-corrected chi connectivity index (χ2v) is 24.2. The fourth-order valence-corrected chi connectivity index (χ4v) is 9.20. The first kappa shape index (κ1) is 54.8. The van der Waals surface area contributed by atoms with Crippen LogP contribution in [0.4, 0.5) is 11.4 Å². The predicted molar refractivity (Wildman–Crippen MR) is 266 cm³/mol. The number of hydrogen-bond acceptors (Lipinski definition) is 2. The summed E-state index contributed by atoms with van der Waals surface area (Å²) in [5, 5.41) is 0. The van der Waals surface area contributed by atoms with Crippen LogP contribution in [-0.2, 0) is 22.5 Å². The molecule has 4 heteroatoms. The van der Waals surface area contributed by atoms with Crippen molar-refractivity contribution in [3.8, 4) is 11.8 Å². The quantitative estimate of drug-likeness (QED) is 0.0290. The molecule has 0 aliphatic heterocycles. The van der Waals surface area contributed by atoms with Gasteiger partial charge in [0.05, 0.1) is 17.1 Å². The smallest absolute Gasteiger partial charge is 0.139 e. The van der Waals surface area contributed by atoms with E-state index >= 15 is 0 Å². The SMILES string of the molecule is CCCCCCCCCCCCCC=CC(=Nc1cccc(C[Si](C)(C)C)c1)C(C#CCCCCCCCCCCCCCCCCCC)=Nc1ccc(C)c(C)c1.[Ni]. The van der Waals surface area contributed by atoms with Gasteiger partial charge in [-0.2, -0.15) is 0 Å². The fourth-order valence-electron chi connectivity index (χ4n) is 7.76. The molecule has 0 unspecified atom stereocenters. The predicted octanol–water partition coefficient (Wildman–Crippen LogP) is 18.5. The van der Waals surface area contributed by atoms with Crippen LogP contribution in [0.25, 0.3) is 0 Å². The average Bonchev–Trinajstić information content (AvgIpc) is 3.19. The van der Waals surface area contributed by atoms with E-state index in [9.17, 15) is 0 Å². The van der Waals surface area contributed by atoms with Crippen LogP contribution in [0, 0.1) is 25.7 Å². The Hall–Kier alpha value is -2.21. The zero-order valence-electron chi connectivity index (χ0n) is 39.6. The molecule has 59 heavy (non-hydrogen) atoms. The van der Waals surface area contributed by atoms with Gasteiger partial charge in [0.1, 0.15) is 5.71 Å². The van der Waals surface area contributed by atoms with Crippen molar-refractivity contribution in [2.45, 2.75) is 240 Å². The second kappa shape index (κ2) is 36.4. The average molecular weight is 866 g/mol. The van der Waals surface area contributed by atoms with E-state index in [0.717, 1.165) is 48.1 Å². The van der Waals surface area contributed by atoms with E-state index < -0.39 is 8.07 Å². The van der Waals surface area contributed by atoms with Crippen molar-refractivity contribution in [1.29, 1.82) is 0 Å². The van der Waals surface area contributed by atoms with Gasteiger partial charge in [-0.05, 0) is 92.1 Å². The summed E-state index contributed by atoms with van der Waals surface area (Å²) in [7, 11) is -1.26. The summed E-state index contributed by atoms with van der Waals surface area (Å²) in [6.45, 7) is 16.3. The summed E-state index contributed by atoms with van der Waals surface area (Å²) in [4.78, 5) is 10.5. The van der Waals surface area contributed by atoms with Gasteiger partial charge in [-0.3, -0.25) is 0 Å². The maximum atomic E-state index is 5.29. The number of nitrogens with zero attached hydrogens (tertiary/aromatic N) is 2. The molecule has 0 radical (unpaired) electrons. The van der Waals surface area contributed by atoms with Gasteiger partial charge in [-0.25, -0.2) is 9.98 Å². The van der Waals surface area contributed by atoms with Crippen molar-refractivity contribution >= 4 is 30.9 Å². The van der Waals surface area contributed by atoms with Gasteiger partial charge < -0.3 is 0 Å². The molecule has 334 valence electrons. The largest absolute Gasteiger partial charge is 0.246 e. The van der Waals surface area contributed by atoms with Crippen molar-refractivity contribution in [2.75, 3.05) is 0 Å². The van der Waals surface area contributed by atoms with E-state index in [2.05, 4.69) is 114 Å². The van der Waals surface area contributed by atoms with Gasteiger partial charge in [0, 0.05) is 31.0 Å². The Morgan fingerprint density at radius 3 is 1.51 bits per heavy atom. The van der Waals surface area contributed by atoms with E-state index in [0.29, 0.717) is 0 Å². The molecular formula is C55H90N2NiSi. The van der Waals surface area contributed by atoms with Crippen LogP contribution in [-0.4, -0.2) is 19.5 Å². The number of unbranched alkanes of at least 4 members (excludes halogenated alkanes) is 27. The van der Waals surface area contributed by atoms with Gasteiger partial charge in [0.25, 0.3) is 0 Å². The minimum absolute atomic E-state index is 0. The van der Waals surface area contributed by atoms with Crippen LogP contribution < -0.4 is 0 Å². The number of aliphatic imine (C=N–C) groups is 2. The Kier molecular flexibility index (Phi) is 33.9. The van der Waals surface area contributed by atoms with E-state index in [1.165, 1.54) is 184 Å². The summed E-state index contributed by atoms with van der Waals surface area (Å²) < 4.78 is 0. The third-order valence-electron chi connectivity index (χ3n) is 11.5. The van der Waals surface area contributed by atoms with Crippen LogP contribution in [0.1, 0.15) is 217 Å². The molecule has 0 saturated carbocycles. The first-order valence-corrected chi connectivity index (χ1v) is 28.4. The van der Waals surface area contributed by atoms with E-state index in [1.54, 1.807) is 0 Å². The first-order valence-electron chi connectivity index (χ1n) is 24.7. The topological polar surface area (TPSA) is 24.7 Å². The molecule has 0 atom stereocenters. The molecule has 2 rings (SSSR count). The number of rotatable bonds is 34. The van der Waals surface area contributed by atoms with Crippen LogP contribution >= 0.6 is 0 Å². The molecule has 0 N–H and O–H groups in total. The van der Waals surface area contributed by atoms with E-state index in [1.807, 2.05) is 0 Å². The fraction of sp³-hybridized carbons (Fsp3) is 0.673. The first-order chi connectivity index (χ1) is 28.2. The number of benzene rings is 2. The maximum Gasteiger partial charge on any atom is 0.139 e. The molecule has 0 heterocycles. The molecule has 0 aliphatic carbocycles. The molecule has 0 aromatic heterocycles.